The van der Waals surface area contributed by atoms with Gasteiger partial charge >= 0.3 is 0 Å². The van der Waals surface area contributed by atoms with Crippen LogP contribution < -0.4 is 4.74 Å². The largest absolute Gasteiger partial charge is 0.431 e. The third-order valence-corrected chi connectivity index (χ3v) is 6.59. The van der Waals surface area contributed by atoms with Crippen LogP contribution in [0.15, 0.2) is 36.5 Å². The Bertz CT molecular complexity index is 1030. The van der Waals surface area contributed by atoms with Crippen molar-refractivity contribution in [3.05, 3.63) is 47.7 Å². The van der Waals surface area contributed by atoms with E-state index in [4.69, 9.17) is 4.74 Å². The highest BCUT2D eigenvalue weighted by Crippen LogP contribution is 2.33. The Morgan fingerprint density at radius 1 is 1.21 bits per heavy atom. The van der Waals surface area contributed by atoms with Gasteiger partial charge in [-0.1, -0.05) is 23.5 Å². The number of fused-ring (bicyclic) bond motifs is 3. The maximum absolute atomic E-state index is 11.6. The molecule has 6 nitrogen and oxygen atoms in total. The lowest BCUT2D eigenvalue weighted by molar-refractivity contribution is -0.131. The Kier molecular flexibility index (Phi) is 4.29. The van der Waals surface area contributed by atoms with Gasteiger partial charge in [-0.2, -0.15) is 0 Å². The Labute approximate surface area is 167 Å². The van der Waals surface area contributed by atoms with Gasteiger partial charge in [0.1, 0.15) is 16.1 Å². The molecule has 2 fully saturated rings. The number of nitrogens with zero attached hydrogens (tertiary/aromatic N) is 4. The third-order valence-electron chi connectivity index (χ3n) is 5.75. The number of ether oxygens (including phenoxy) is 1. The van der Waals surface area contributed by atoms with E-state index in [1.165, 1.54) is 16.9 Å². The summed E-state index contributed by atoms with van der Waals surface area (Å²) in [5, 5.41) is 0.616. The summed E-state index contributed by atoms with van der Waals surface area (Å²) in [6.07, 6.45) is 2.90. The van der Waals surface area contributed by atoms with Crippen LogP contribution in [0.4, 0.5) is 0 Å². The maximum Gasteiger partial charge on any atom is 0.281 e. The highest BCUT2D eigenvalue weighted by molar-refractivity contribution is 7.19. The molecule has 144 valence electrons. The van der Waals surface area contributed by atoms with Crippen molar-refractivity contribution in [2.24, 2.45) is 0 Å². The molecule has 2 saturated heterocycles. The van der Waals surface area contributed by atoms with E-state index in [1.54, 1.807) is 13.1 Å². The molecule has 2 aliphatic rings. The monoisotopic (exact) mass is 394 g/mol. The molecule has 0 aliphatic carbocycles. The first-order valence-electron chi connectivity index (χ1n) is 9.57. The lowest BCUT2D eigenvalue weighted by Crippen LogP contribution is -2.47. The zero-order valence-electron chi connectivity index (χ0n) is 16.0. The predicted octanol–water partition coefficient (Wildman–Crippen LogP) is 3.60. The fraction of sp³-hybridized carbons (Fsp3) is 0.381. The average Bonchev–Trinajstić information content (AvgIpc) is 3.37. The number of aryl methyl sites for hydroxylation is 1. The second-order valence-electron chi connectivity index (χ2n) is 7.65. The quantitative estimate of drug-likeness (QED) is 0.677. The van der Waals surface area contributed by atoms with E-state index in [1.807, 2.05) is 30.0 Å². The highest BCUT2D eigenvalue weighted by atomic mass is 32.1. The molecule has 4 heterocycles. The first kappa shape index (κ1) is 17.6. The number of benzene rings is 1. The van der Waals surface area contributed by atoms with Gasteiger partial charge in [-0.15, -0.1) is 0 Å². The molecule has 1 amide bonds. The Hall–Kier alpha value is -2.51. The number of carbonyl (C=O) groups is 1. The number of piperazine rings is 1. The summed E-state index contributed by atoms with van der Waals surface area (Å²) in [7, 11) is 0. The molecule has 0 N–H and O–H groups in total. The molecule has 3 aromatic rings. The van der Waals surface area contributed by atoms with E-state index in [0.717, 1.165) is 47.7 Å². The summed E-state index contributed by atoms with van der Waals surface area (Å²) >= 11 is 1.46. The van der Waals surface area contributed by atoms with Crippen molar-refractivity contribution < 1.29 is 9.53 Å². The first-order chi connectivity index (χ1) is 13.6. The van der Waals surface area contributed by atoms with Crippen molar-refractivity contribution in [3.8, 4) is 10.9 Å². The van der Waals surface area contributed by atoms with Gasteiger partial charge in [-0.05, 0) is 42.7 Å². The Morgan fingerprint density at radius 2 is 2.04 bits per heavy atom. The van der Waals surface area contributed by atoms with E-state index in [-0.39, 0.29) is 5.91 Å². The molecular formula is C21H22N4O2S. The van der Waals surface area contributed by atoms with Crippen molar-refractivity contribution in [3.63, 3.8) is 0 Å². The third kappa shape index (κ3) is 3.14. The van der Waals surface area contributed by atoms with Crippen molar-refractivity contribution in [1.82, 2.24) is 19.8 Å². The van der Waals surface area contributed by atoms with Crippen molar-refractivity contribution >= 4 is 27.6 Å². The van der Waals surface area contributed by atoms with E-state index >= 15 is 0 Å². The second-order valence-corrected chi connectivity index (χ2v) is 8.59. The lowest BCUT2D eigenvalue weighted by atomic mass is 10.2. The molecule has 5 rings (SSSR count). The number of thiazole rings is 1. The molecule has 0 spiro atoms. The number of amides is 1. The number of pyridine rings is 1. The summed E-state index contributed by atoms with van der Waals surface area (Å²) in [5.74, 6) is 0.986. The van der Waals surface area contributed by atoms with Crippen molar-refractivity contribution in [2.75, 3.05) is 13.1 Å². The van der Waals surface area contributed by atoms with Crippen LogP contribution in [-0.2, 0) is 11.3 Å². The van der Waals surface area contributed by atoms with E-state index < -0.39 is 0 Å². The average molecular weight is 395 g/mol. The van der Waals surface area contributed by atoms with E-state index in [9.17, 15) is 4.79 Å². The van der Waals surface area contributed by atoms with Crippen LogP contribution in [-0.4, -0.2) is 50.8 Å². The van der Waals surface area contributed by atoms with Crippen LogP contribution in [0.5, 0.6) is 10.9 Å². The van der Waals surface area contributed by atoms with Gasteiger partial charge in [-0.25, -0.2) is 9.97 Å². The number of hydrogen-bond acceptors (Lipinski definition) is 6. The van der Waals surface area contributed by atoms with Gasteiger partial charge in [0.2, 0.25) is 5.91 Å². The molecule has 0 radical (unpaired) electrons. The van der Waals surface area contributed by atoms with Gasteiger partial charge in [0, 0.05) is 44.8 Å². The zero-order valence-corrected chi connectivity index (χ0v) is 16.8. The minimum Gasteiger partial charge on any atom is -0.431 e. The van der Waals surface area contributed by atoms with Gasteiger partial charge in [-0.3, -0.25) is 9.69 Å². The Balaban J connectivity index is 1.24. The van der Waals surface area contributed by atoms with Crippen LogP contribution >= 0.6 is 11.3 Å². The van der Waals surface area contributed by atoms with Gasteiger partial charge in [0.25, 0.3) is 5.19 Å². The van der Waals surface area contributed by atoms with Gasteiger partial charge in [0.15, 0.2) is 0 Å². The molecule has 2 atom stereocenters. The van der Waals surface area contributed by atoms with Crippen LogP contribution in [0.1, 0.15) is 24.5 Å². The second kappa shape index (κ2) is 6.83. The highest BCUT2D eigenvalue weighted by Gasteiger charge is 2.43. The van der Waals surface area contributed by atoms with Crippen molar-refractivity contribution in [2.45, 2.75) is 38.9 Å². The molecule has 0 saturated carbocycles. The predicted molar refractivity (Wildman–Crippen MR) is 109 cm³/mol. The van der Waals surface area contributed by atoms with Crippen LogP contribution in [0.25, 0.3) is 10.3 Å². The number of aromatic nitrogens is 2. The Morgan fingerprint density at radius 3 is 2.71 bits per heavy atom. The topological polar surface area (TPSA) is 58.6 Å². The van der Waals surface area contributed by atoms with Crippen LogP contribution in [0, 0.1) is 6.92 Å². The standard InChI is InChI=1S/C21H22N4O2S/c1-13-7-8-22-20-19(13)23-21(28-20)27-18-5-3-15(4-6-18)10-24-11-17-9-16(24)12-25(17)14(2)26/h3-8,16-17H,9-12H2,1-2H3. The number of hydrogen-bond donors (Lipinski definition) is 0. The molecule has 2 bridgehead atoms. The fourth-order valence-electron chi connectivity index (χ4n) is 4.30. The summed E-state index contributed by atoms with van der Waals surface area (Å²) in [6.45, 7) is 6.46. The van der Waals surface area contributed by atoms with E-state index in [2.05, 4.69) is 27.0 Å². The lowest BCUT2D eigenvalue weighted by Gasteiger charge is -2.33. The summed E-state index contributed by atoms with van der Waals surface area (Å²) in [6, 6.07) is 11.1. The molecule has 2 aromatic heterocycles. The first-order valence-corrected chi connectivity index (χ1v) is 10.4. The molecule has 1 aromatic carbocycles. The molecule has 2 aliphatic heterocycles. The number of carbonyl (C=O) groups excluding carboxylic acids is 1. The number of likely N-dealkylation sites (tertiary alicyclic amines) is 2. The van der Waals surface area contributed by atoms with Crippen molar-refractivity contribution in [1.29, 1.82) is 0 Å². The smallest absolute Gasteiger partial charge is 0.281 e. The van der Waals surface area contributed by atoms with E-state index in [0.29, 0.717) is 17.3 Å². The SMILES string of the molecule is CC(=O)N1CC2CC1CN2Cc1ccc(Oc2nc3c(C)ccnc3s2)cc1. The fourth-order valence-corrected chi connectivity index (χ4v) is 5.16. The van der Waals surface area contributed by atoms with Gasteiger partial charge < -0.3 is 9.64 Å². The molecule has 2 unspecified atom stereocenters. The minimum absolute atomic E-state index is 0.203. The normalized spacial score (nSPS) is 21.6. The summed E-state index contributed by atoms with van der Waals surface area (Å²) in [4.78, 5) is 26.0. The molecule has 28 heavy (non-hydrogen) atoms. The molecule has 7 heteroatoms. The van der Waals surface area contributed by atoms with Crippen LogP contribution in [0.3, 0.4) is 0 Å². The summed E-state index contributed by atoms with van der Waals surface area (Å²) < 4.78 is 5.94. The zero-order chi connectivity index (χ0) is 19.3. The minimum atomic E-state index is 0.203. The van der Waals surface area contributed by atoms with Gasteiger partial charge in [0.05, 0.1) is 0 Å². The summed E-state index contributed by atoms with van der Waals surface area (Å²) in [5.41, 5.74) is 3.27. The maximum atomic E-state index is 11.6. The number of rotatable bonds is 4. The molecular weight excluding hydrogens is 372 g/mol. The van der Waals surface area contributed by atoms with Crippen LogP contribution in [0.2, 0.25) is 0 Å².